The summed E-state index contributed by atoms with van der Waals surface area (Å²) in [6.07, 6.45) is 0.941. The third-order valence-corrected chi connectivity index (χ3v) is 3.08. The lowest BCUT2D eigenvalue weighted by Gasteiger charge is -2.00. The van der Waals surface area contributed by atoms with Crippen molar-refractivity contribution in [2.75, 3.05) is 6.54 Å². The third-order valence-electron chi connectivity index (χ3n) is 2.30. The molecule has 0 unspecified atom stereocenters. The van der Waals surface area contributed by atoms with Gasteiger partial charge in [-0.3, -0.25) is 0 Å². The molecule has 1 heterocycles. The van der Waals surface area contributed by atoms with Crippen LogP contribution >= 0.6 is 11.3 Å². The van der Waals surface area contributed by atoms with Gasteiger partial charge in [0.1, 0.15) is 0 Å². The summed E-state index contributed by atoms with van der Waals surface area (Å²) in [7, 11) is 0. The van der Waals surface area contributed by atoms with Gasteiger partial charge in [-0.05, 0) is 25.5 Å². The molecule has 0 spiro atoms. The standard InChI is InChI=1S/C12H14N2S/c1-9-14-12(8-15-9)11-4-2-10(3-5-11)6-7-13/h2-5,8H,6-7,13H2,1H3. The molecule has 2 nitrogen and oxygen atoms in total. The lowest BCUT2D eigenvalue weighted by molar-refractivity contribution is 0.969. The molecule has 15 heavy (non-hydrogen) atoms. The van der Waals surface area contributed by atoms with Gasteiger partial charge in [0.2, 0.25) is 0 Å². The zero-order valence-electron chi connectivity index (χ0n) is 8.73. The van der Waals surface area contributed by atoms with Crippen molar-refractivity contribution in [3.05, 3.63) is 40.2 Å². The van der Waals surface area contributed by atoms with Gasteiger partial charge in [0, 0.05) is 10.9 Å². The van der Waals surface area contributed by atoms with Crippen molar-refractivity contribution in [3.63, 3.8) is 0 Å². The van der Waals surface area contributed by atoms with E-state index in [1.165, 1.54) is 11.1 Å². The van der Waals surface area contributed by atoms with Crippen LogP contribution in [0.1, 0.15) is 10.6 Å². The Labute approximate surface area is 93.8 Å². The topological polar surface area (TPSA) is 38.9 Å². The van der Waals surface area contributed by atoms with Crippen LogP contribution in [0, 0.1) is 6.92 Å². The number of hydrogen-bond acceptors (Lipinski definition) is 3. The number of benzene rings is 1. The van der Waals surface area contributed by atoms with Gasteiger partial charge in [-0.15, -0.1) is 11.3 Å². The highest BCUT2D eigenvalue weighted by atomic mass is 32.1. The third kappa shape index (κ3) is 2.43. The zero-order chi connectivity index (χ0) is 10.7. The van der Waals surface area contributed by atoms with E-state index in [9.17, 15) is 0 Å². The van der Waals surface area contributed by atoms with Crippen LogP contribution in [0.2, 0.25) is 0 Å². The van der Waals surface area contributed by atoms with Crippen molar-refractivity contribution in [3.8, 4) is 11.3 Å². The van der Waals surface area contributed by atoms with Crippen molar-refractivity contribution < 1.29 is 0 Å². The molecule has 0 aliphatic carbocycles. The first-order chi connectivity index (χ1) is 7.29. The first-order valence-electron chi connectivity index (χ1n) is 5.01. The quantitative estimate of drug-likeness (QED) is 0.860. The van der Waals surface area contributed by atoms with Gasteiger partial charge in [-0.2, -0.15) is 0 Å². The SMILES string of the molecule is Cc1nc(-c2ccc(CCN)cc2)cs1. The van der Waals surface area contributed by atoms with E-state index in [0.29, 0.717) is 6.54 Å². The summed E-state index contributed by atoms with van der Waals surface area (Å²) in [6, 6.07) is 8.46. The summed E-state index contributed by atoms with van der Waals surface area (Å²) in [5.41, 5.74) is 9.03. The van der Waals surface area contributed by atoms with Gasteiger partial charge in [0.25, 0.3) is 0 Å². The van der Waals surface area contributed by atoms with Gasteiger partial charge in [0.15, 0.2) is 0 Å². The Morgan fingerprint density at radius 2 is 2.00 bits per heavy atom. The predicted octanol–water partition coefficient (Wildman–Crippen LogP) is 2.62. The van der Waals surface area contributed by atoms with Crippen molar-refractivity contribution >= 4 is 11.3 Å². The van der Waals surface area contributed by atoms with Crippen LogP contribution in [0.25, 0.3) is 11.3 Å². The number of nitrogens with zero attached hydrogens (tertiary/aromatic N) is 1. The maximum atomic E-state index is 5.50. The summed E-state index contributed by atoms with van der Waals surface area (Å²) in [5, 5.41) is 3.20. The normalized spacial score (nSPS) is 10.5. The number of aromatic nitrogens is 1. The molecule has 0 bridgehead atoms. The number of nitrogens with two attached hydrogens (primary N) is 1. The molecule has 78 valence electrons. The molecule has 2 aromatic rings. The van der Waals surface area contributed by atoms with Gasteiger partial charge < -0.3 is 5.73 Å². The summed E-state index contributed by atoms with van der Waals surface area (Å²) >= 11 is 1.68. The largest absolute Gasteiger partial charge is 0.330 e. The molecule has 2 rings (SSSR count). The number of rotatable bonds is 3. The molecule has 0 fully saturated rings. The molecule has 0 aliphatic rings. The molecular formula is C12H14N2S. The maximum absolute atomic E-state index is 5.50. The highest BCUT2D eigenvalue weighted by Crippen LogP contribution is 2.21. The van der Waals surface area contributed by atoms with Crippen LogP contribution in [0.5, 0.6) is 0 Å². The van der Waals surface area contributed by atoms with E-state index in [0.717, 1.165) is 17.1 Å². The number of hydrogen-bond donors (Lipinski definition) is 1. The van der Waals surface area contributed by atoms with E-state index in [4.69, 9.17) is 5.73 Å². The second kappa shape index (κ2) is 4.55. The molecule has 0 amide bonds. The van der Waals surface area contributed by atoms with Crippen LogP contribution in [0.3, 0.4) is 0 Å². The van der Waals surface area contributed by atoms with Crippen LogP contribution in [0.15, 0.2) is 29.6 Å². The van der Waals surface area contributed by atoms with Crippen LogP contribution in [-0.4, -0.2) is 11.5 Å². The summed E-state index contributed by atoms with van der Waals surface area (Å²) < 4.78 is 0. The second-order valence-electron chi connectivity index (χ2n) is 3.49. The fourth-order valence-corrected chi connectivity index (χ4v) is 2.13. The molecule has 3 heteroatoms. The van der Waals surface area contributed by atoms with Crippen molar-refractivity contribution in [2.24, 2.45) is 5.73 Å². The minimum absolute atomic E-state index is 0.704. The van der Waals surface area contributed by atoms with Crippen molar-refractivity contribution in [1.29, 1.82) is 0 Å². The Morgan fingerprint density at radius 1 is 1.27 bits per heavy atom. The second-order valence-corrected chi connectivity index (χ2v) is 4.55. The Morgan fingerprint density at radius 3 is 2.53 bits per heavy atom. The molecular weight excluding hydrogens is 204 g/mol. The first kappa shape index (κ1) is 10.3. The van der Waals surface area contributed by atoms with E-state index in [1.807, 2.05) is 6.92 Å². The van der Waals surface area contributed by atoms with Crippen molar-refractivity contribution in [1.82, 2.24) is 4.98 Å². The van der Waals surface area contributed by atoms with Crippen LogP contribution in [0.4, 0.5) is 0 Å². The van der Waals surface area contributed by atoms with Crippen molar-refractivity contribution in [2.45, 2.75) is 13.3 Å². The van der Waals surface area contributed by atoms with Gasteiger partial charge in [-0.1, -0.05) is 24.3 Å². The number of aryl methyl sites for hydroxylation is 1. The molecule has 0 aliphatic heterocycles. The maximum Gasteiger partial charge on any atom is 0.0901 e. The van der Waals surface area contributed by atoms with Crippen LogP contribution in [-0.2, 0) is 6.42 Å². The molecule has 1 aromatic heterocycles. The zero-order valence-corrected chi connectivity index (χ0v) is 9.55. The Kier molecular flexibility index (Phi) is 3.14. The van der Waals surface area contributed by atoms with E-state index in [2.05, 4.69) is 34.6 Å². The molecule has 1 aromatic carbocycles. The fraction of sp³-hybridized carbons (Fsp3) is 0.250. The predicted molar refractivity (Wildman–Crippen MR) is 65.0 cm³/mol. The summed E-state index contributed by atoms with van der Waals surface area (Å²) in [6.45, 7) is 2.73. The average molecular weight is 218 g/mol. The van der Waals surface area contributed by atoms with Gasteiger partial charge in [-0.25, -0.2) is 4.98 Å². The monoisotopic (exact) mass is 218 g/mol. The summed E-state index contributed by atoms with van der Waals surface area (Å²) in [4.78, 5) is 4.45. The molecule has 0 radical (unpaired) electrons. The lowest BCUT2D eigenvalue weighted by Crippen LogP contribution is -2.02. The van der Waals surface area contributed by atoms with Gasteiger partial charge >= 0.3 is 0 Å². The van der Waals surface area contributed by atoms with Gasteiger partial charge in [0.05, 0.1) is 10.7 Å². The average Bonchev–Trinajstić information content (AvgIpc) is 2.67. The Balaban J connectivity index is 2.23. The molecule has 0 saturated heterocycles. The Bertz CT molecular complexity index is 431. The van der Waals surface area contributed by atoms with E-state index < -0.39 is 0 Å². The first-order valence-corrected chi connectivity index (χ1v) is 5.89. The minimum atomic E-state index is 0.704. The van der Waals surface area contributed by atoms with E-state index >= 15 is 0 Å². The fourth-order valence-electron chi connectivity index (χ4n) is 1.50. The lowest BCUT2D eigenvalue weighted by atomic mass is 10.1. The Hall–Kier alpha value is -1.19. The highest BCUT2D eigenvalue weighted by Gasteiger charge is 2.01. The molecule has 0 atom stereocenters. The van der Waals surface area contributed by atoms with Crippen LogP contribution < -0.4 is 5.73 Å². The van der Waals surface area contributed by atoms with E-state index in [-0.39, 0.29) is 0 Å². The minimum Gasteiger partial charge on any atom is -0.330 e. The van der Waals surface area contributed by atoms with E-state index in [1.54, 1.807) is 11.3 Å². The summed E-state index contributed by atoms with van der Waals surface area (Å²) in [5.74, 6) is 0. The highest BCUT2D eigenvalue weighted by molar-refractivity contribution is 7.09. The molecule has 2 N–H and O–H groups in total. The smallest absolute Gasteiger partial charge is 0.0901 e. The number of thiazole rings is 1. The molecule has 0 saturated carbocycles.